The van der Waals surface area contributed by atoms with Gasteiger partial charge < -0.3 is 9.64 Å². The Hall–Kier alpha value is -2.50. The minimum absolute atomic E-state index is 0.0245. The highest BCUT2D eigenvalue weighted by atomic mass is 19.1. The monoisotopic (exact) mass is 327 g/mol. The summed E-state index contributed by atoms with van der Waals surface area (Å²) in [6.45, 7) is 1.38. The number of nitrogens with zero attached hydrogens (tertiary/aromatic N) is 3. The van der Waals surface area contributed by atoms with Crippen LogP contribution in [0.5, 0.6) is 5.75 Å². The first-order valence-corrected chi connectivity index (χ1v) is 8.20. The van der Waals surface area contributed by atoms with Gasteiger partial charge in [-0.2, -0.15) is 5.10 Å². The first-order valence-electron chi connectivity index (χ1n) is 8.20. The molecule has 0 unspecified atom stereocenters. The number of carbonyl (C=O) groups is 1. The molecule has 0 spiro atoms. The molecule has 4 rings (SSSR count). The average Bonchev–Trinajstić information content (AvgIpc) is 3.17. The van der Waals surface area contributed by atoms with Crippen LogP contribution in [0.15, 0.2) is 42.6 Å². The zero-order valence-corrected chi connectivity index (χ0v) is 13.1. The summed E-state index contributed by atoms with van der Waals surface area (Å²) >= 11 is 0. The lowest BCUT2D eigenvalue weighted by Crippen LogP contribution is -2.33. The molecule has 0 radical (unpaired) electrons. The maximum Gasteiger partial charge on any atom is 0.274 e. The van der Waals surface area contributed by atoms with Crippen molar-refractivity contribution in [2.75, 3.05) is 13.1 Å². The van der Waals surface area contributed by atoms with Gasteiger partial charge in [0, 0.05) is 31.3 Å². The van der Waals surface area contributed by atoms with E-state index in [0.717, 1.165) is 19.4 Å². The molecule has 2 fully saturated rings. The summed E-state index contributed by atoms with van der Waals surface area (Å²) in [4.78, 5) is 14.4. The Morgan fingerprint density at radius 2 is 2.12 bits per heavy atom. The Balaban J connectivity index is 1.44. The number of fused-ring (bicyclic) bond motifs is 1. The summed E-state index contributed by atoms with van der Waals surface area (Å²) in [5.74, 6) is 0.896. The zero-order valence-electron chi connectivity index (χ0n) is 13.1. The van der Waals surface area contributed by atoms with Crippen molar-refractivity contribution in [1.82, 2.24) is 15.1 Å². The van der Waals surface area contributed by atoms with Gasteiger partial charge in [0.25, 0.3) is 5.91 Å². The number of rotatable bonds is 3. The van der Waals surface area contributed by atoms with Gasteiger partial charge in [-0.25, -0.2) is 4.39 Å². The van der Waals surface area contributed by atoms with Crippen LogP contribution >= 0.6 is 0 Å². The van der Waals surface area contributed by atoms with E-state index in [1.165, 1.54) is 12.1 Å². The van der Waals surface area contributed by atoms with Gasteiger partial charge in [-0.3, -0.25) is 4.79 Å². The molecule has 24 heavy (non-hydrogen) atoms. The van der Waals surface area contributed by atoms with Crippen molar-refractivity contribution in [3.8, 4) is 5.75 Å². The lowest BCUT2D eigenvalue weighted by atomic mass is 9.99. The standard InChI is InChI=1S/C18H18FN3O2/c19-13-3-1-4-14(9-13)24-17-7-6-12-10-22(11-15(12)17)18(23)16-5-2-8-20-21-16/h1-5,8-9,12,15,17H,6-7,10-11H2/t12-,15+,17-/m0/s1. The molecule has 124 valence electrons. The van der Waals surface area contributed by atoms with Crippen LogP contribution in [-0.4, -0.2) is 40.2 Å². The Labute approximate surface area is 139 Å². The molecule has 2 aliphatic rings. The fourth-order valence-electron chi connectivity index (χ4n) is 3.82. The lowest BCUT2D eigenvalue weighted by Gasteiger charge is -2.22. The molecule has 3 atom stereocenters. The third-order valence-corrected chi connectivity index (χ3v) is 4.95. The van der Waals surface area contributed by atoms with Gasteiger partial charge in [-0.05, 0) is 43.0 Å². The van der Waals surface area contributed by atoms with Crippen molar-refractivity contribution in [2.45, 2.75) is 18.9 Å². The zero-order chi connectivity index (χ0) is 16.5. The quantitative estimate of drug-likeness (QED) is 0.869. The predicted octanol–water partition coefficient (Wildman–Crippen LogP) is 2.55. The minimum atomic E-state index is -0.298. The molecule has 1 aromatic heterocycles. The second-order valence-electron chi connectivity index (χ2n) is 6.43. The van der Waals surface area contributed by atoms with Crippen LogP contribution in [0, 0.1) is 17.7 Å². The van der Waals surface area contributed by atoms with E-state index in [2.05, 4.69) is 10.2 Å². The molecule has 1 aliphatic carbocycles. The molecule has 6 heteroatoms. The van der Waals surface area contributed by atoms with Gasteiger partial charge in [0.15, 0.2) is 5.69 Å². The van der Waals surface area contributed by atoms with E-state index in [0.29, 0.717) is 23.9 Å². The molecule has 1 amide bonds. The molecule has 5 nitrogen and oxygen atoms in total. The van der Waals surface area contributed by atoms with Crippen molar-refractivity contribution in [3.05, 3.63) is 54.1 Å². The number of hydrogen-bond acceptors (Lipinski definition) is 4. The molecule has 1 aliphatic heterocycles. The second kappa shape index (κ2) is 6.19. The highest BCUT2D eigenvalue weighted by Crippen LogP contribution is 2.40. The molecular weight excluding hydrogens is 309 g/mol. The summed E-state index contributed by atoms with van der Waals surface area (Å²) in [5.41, 5.74) is 0.375. The van der Waals surface area contributed by atoms with Crippen LogP contribution in [0.4, 0.5) is 4.39 Å². The van der Waals surface area contributed by atoms with Crippen molar-refractivity contribution in [3.63, 3.8) is 0 Å². The smallest absolute Gasteiger partial charge is 0.274 e. The van der Waals surface area contributed by atoms with E-state index in [4.69, 9.17) is 4.74 Å². The van der Waals surface area contributed by atoms with E-state index < -0.39 is 0 Å². The second-order valence-corrected chi connectivity index (χ2v) is 6.43. The molecule has 2 aromatic rings. The predicted molar refractivity (Wildman–Crippen MR) is 85.0 cm³/mol. The molecule has 0 N–H and O–H groups in total. The fraction of sp³-hybridized carbons (Fsp3) is 0.389. The highest BCUT2D eigenvalue weighted by Gasteiger charge is 2.45. The summed E-state index contributed by atoms with van der Waals surface area (Å²) in [6.07, 6.45) is 3.54. The summed E-state index contributed by atoms with van der Waals surface area (Å²) in [6, 6.07) is 9.63. The van der Waals surface area contributed by atoms with Crippen LogP contribution in [-0.2, 0) is 0 Å². The summed E-state index contributed by atoms with van der Waals surface area (Å²) in [7, 11) is 0. The Kier molecular flexibility index (Phi) is 3.88. The highest BCUT2D eigenvalue weighted by molar-refractivity contribution is 5.92. The van der Waals surface area contributed by atoms with Gasteiger partial charge in [0.2, 0.25) is 0 Å². The topological polar surface area (TPSA) is 55.3 Å². The van der Waals surface area contributed by atoms with Gasteiger partial charge in [0.05, 0.1) is 0 Å². The summed E-state index contributed by atoms with van der Waals surface area (Å²) in [5, 5.41) is 7.67. The van der Waals surface area contributed by atoms with Crippen LogP contribution in [0.2, 0.25) is 0 Å². The molecular formula is C18H18FN3O2. The number of hydrogen-bond donors (Lipinski definition) is 0. The lowest BCUT2D eigenvalue weighted by molar-refractivity contribution is 0.0755. The molecule has 0 bridgehead atoms. The van der Waals surface area contributed by atoms with Crippen molar-refractivity contribution in [1.29, 1.82) is 0 Å². The van der Waals surface area contributed by atoms with E-state index in [1.807, 2.05) is 4.90 Å². The Bertz CT molecular complexity index is 740. The number of carbonyl (C=O) groups excluding carboxylic acids is 1. The van der Waals surface area contributed by atoms with E-state index in [1.54, 1.807) is 30.5 Å². The largest absolute Gasteiger partial charge is 0.490 e. The van der Waals surface area contributed by atoms with E-state index in [9.17, 15) is 9.18 Å². The molecule has 1 saturated carbocycles. The van der Waals surface area contributed by atoms with Gasteiger partial charge in [0.1, 0.15) is 17.7 Å². The van der Waals surface area contributed by atoms with E-state index >= 15 is 0 Å². The van der Waals surface area contributed by atoms with Gasteiger partial charge in [-0.1, -0.05) is 6.07 Å². The third kappa shape index (κ3) is 2.84. The maximum atomic E-state index is 13.3. The Morgan fingerprint density at radius 3 is 2.92 bits per heavy atom. The van der Waals surface area contributed by atoms with Gasteiger partial charge >= 0.3 is 0 Å². The number of ether oxygens (including phenoxy) is 1. The molecule has 1 aromatic carbocycles. The normalized spacial score (nSPS) is 25.5. The number of amides is 1. The van der Waals surface area contributed by atoms with Gasteiger partial charge in [-0.15, -0.1) is 5.10 Å². The van der Waals surface area contributed by atoms with Crippen LogP contribution in [0.25, 0.3) is 0 Å². The van der Waals surface area contributed by atoms with Crippen LogP contribution < -0.4 is 4.74 Å². The average molecular weight is 327 g/mol. The number of benzene rings is 1. The summed E-state index contributed by atoms with van der Waals surface area (Å²) < 4.78 is 19.3. The van der Waals surface area contributed by atoms with Crippen molar-refractivity contribution in [2.24, 2.45) is 11.8 Å². The molecule has 1 saturated heterocycles. The van der Waals surface area contributed by atoms with Crippen molar-refractivity contribution < 1.29 is 13.9 Å². The third-order valence-electron chi connectivity index (χ3n) is 4.95. The Morgan fingerprint density at radius 1 is 1.21 bits per heavy atom. The van der Waals surface area contributed by atoms with E-state index in [-0.39, 0.29) is 23.7 Å². The number of halogens is 1. The van der Waals surface area contributed by atoms with Crippen LogP contribution in [0.1, 0.15) is 23.3 Å². The fourth-order valence-corrected chi connectivity index (χ4v) is 3.82. The first kappa shape index (κ1) is 15.1. The van der Waals surface area contributed by atoms with Crippen LogP contribution in [0.3, 0.4) is 0 Å². The SMILES string of the molecule is O=C(c1cccnn1)N1C[C@@H]2CC[C@H](Oc3cccc(F)c3)[C@@H]2C1. The van der Waals surface area contributed by atoms with Crippen molar-refractivity contribution >= 4 is 5.91 Å². The number of likely N-dealkylation sites (tertiary alicyclic amines) is 1. The first-order chi connectivity index (χ1) is 11.7. The number of aromatic nitrogens is 2. The minimum Gasteiger partial charge on any atom is -0.490 e. The molecule has 2 heterocycles. The maximum absolute atomic E-state index is 13.3.